The summed E-state index contributed by atoms with van der Waals surface area (Å²) in [5.41, 5.74) is 1.09. The van der Waals surface area contributed by atoms with E-state index in [1.807, 2.05) is 53.4 Å². The first kappa shape index (κ1) is 21.6. The summed E-state index contributed by atoms with van der Waals surface area (Å²) in [7, 11) is 0. The van der Waals surface area contributed by atoms with Gasteiger partial charge in [0, 0.05) is 18.5 Å². The number of nitrogens with zero attached hydrogens (tertiary/aromatic N) is 1. The lowest BCUT2D eigenvalue weighted by molar-refractivity contribution is -0.138. The van der Waals surface area contributed by atoms with Gasteiger partial charge in [0.1, 0.15) is 0 Å². The third-order valence-electron chi connectivity index (χ3n) is 6.31. The highest BCUT2D eigenvalue weighted by molar-refractivity contribution is 5.77. The van der Waals surface area contributed by atoms with Gasteiger partial charge in [-0.1, -0.05) is 73.5 Å². The summed E-state index contributed by atoms with van der Waals surface area (Å²) in [5, 5.41) is 11.5. The standard InChI is InChI=1S/C26H35NO2/c1-25(2,3)27(20-21-12-6-4-7-13-21)24(28)18-17-23-16-10-11-19-26(23,29)22-14-8-5-9-15-22/h4-9,12-15,23,29H,10-11,16-20H2,1-3H3/t23-,26+/m1/s1. The SMILES string of the molecule is CC(C)(C)N(Cc1ccccc1)C(=O)CC[C@H]1CCCC[C@]1(O)c1ccccc1. The molecule has 3 heteroatoms. The summed E-state index contributed by atoms with van der Waals surface area (Å²) in [5.74, 6) is 0.295. The van der Waals surface area contributed by atoms with E-state index in [0.29, 0.717) is 13.0 Å². The lowest BCUT2D eigenvalue weighted by atomic mass is 9.69. The predicted octanol–water partition coefficient (Wildman–Crippen LogP) is 5.67. The van der Waals surface area contributed by atoms with E-state index in [9.17, 15) is 9.90 Å². The van der Waals surface area contributed by atoms with E-state index < -0.39 is 5.60 Å². The number of carbonyl (C=O) groups is 1. The van der Waals surface area contributed by atoms with E-state index in [1.54, 1.807) is 0 Å². The largest absolute Gasteiger partial charge is 0.385 e. The molecule has 0 aliphatic heterocycles. The van der Waals surface area contributed by atoms with Crippen LogP contribution in [0.15, 0.2) is 60.7 Å². The van der Waals surface area contributed by atoms with E-state index >= 15 is 0 Å². The topological polar surface area (TPSA) is 40.5 Å². The molecular formula is C26H35NO2. The second kappa shape index (κ2) is 9.13. The third-order valence-corrected chi connectivity index (χ3v) is 6.31. The van der Waals surface area contributed by atoms with Gasteiger partial charge in [-0.05, 0) is 57.1 Å². The Bertz CT molecular complexity index is 781. The van der Waals surface area contributed by atoms with Gasteiger partial charge in [-0.3, -0.25) is 4.79 Å². The molecule has 3 nitrogen and oxygen atoms in total. The van der Waals surface area contributed by atoms with Crippen LogP contribution in [0.1, 0.15) is 70.4 Å². The predicted molar refractivity (Wildman–Crippen MR) is 118 cm³/mol. The molecule has 2 aromatic carbocycles. The molecule has 1 aliphatic carbocycles. The van der Waals surface area contributed by atoms with Crippen molar-refractivity contribution in [1.82, 2.24) is 4.90 Å². The second-order valence-corrected chi connectivity index (χ2v) is 9.41. The summed E-state index contributed by atoms with van der Waals surface area (Å²) in [4.78, 5) is 15.2. The van der Waals surface area contributed by atoms with Crippen LogP contribution in [0.5, 0.6) is 0 Å². The normalized spacial score (nSPS) is 22.3. The van der Waals surface area contributed by atoms with Crippen LogP contribution in [0.25, 0.3) is 0 Å². The van der Waals surface area contributed by atoms with Crippen LogP contribution >= 0.6 is 0 Å². The molecule has 2 atom stereocenters. The molecule has 3 rings (SSSR count). The Morgan fingerprint density at radius 1 is 1.03 bits per heavy atom. The maximum absolute atomic E-state index is 13.2. The smallest absolute Gasteiger partial charge is 0.223 e. The minimum Gasteiger partial charge on any atom is -0.385 e. The van der Waals surface area contributed by atoms with Gasteiger partial charge < -0.3 is 10.0 Å². The van der Waals surface area contributed by atoms with Gasteiger partial charge >= 0.3 is 0 Å². The Morgan fingerprint density at radius 3 is 2.28 bits per heavy atom. The first-order chi connectivity index (χ1) is 13.8. The van der Waals surface area contributed by atoms with Crippen molar-refractivity contribution in [2.75, 3.05) is 0 Å². The first-order valence-electron chi connectivity index (χ1n) is 10.9. The molecule has 1 saturated carbocycles. The van der Waals surface area contributed by atoms with E-state index in [0.717, 1.165) is 43.2 Å². The highest BCUT2D eigenvalue weighted by atomic mass is 16.3. The molecular weight excluding hydrogens is 358 g/mol. The van der Waals surface area contributed by atoms with Gasteiger partial charge in [0.25, 0.3) is 0 Å². The maximum Gasteiger partial charge on any atom is 0.223 e. The number of hydrogen-bond donors (Lipinski definition) is 1. The van der Waals surface area contributed by atoms with E-state index in [-0.39, 0.29) is 17.4 Å². The number of carbonyl (C=O) groups excluding carboxylic acids is 1. The summed E-state index contributed by atoms with van der Waals surface area (Å²) in [6.07, 6.45) is 5.13. The third kappa shape index (κ3) is 5.27. The Morgan fingerprint density at radius 2 is 1.66 bits per heavy atom. The van der Waals surface area contributed by atoms with Crippen molar-refractivity contribution < 1.29 is 9.90 Å². The minimum absolute atomic E-state index is 0.126. The van der Waals surface area contributed by atoms with Crippen molar-refractivity contribution in [2.45, 2.75) is 77.0 Å². The fourth-order valence-electron chi connectivity index (χ4n) is 4.62. The molecule has 2 aromatic rings. The van der Waals surface area contributed by atoms with Gasteiger partial charge in [-0.25, -0.2) is 0 Å². The Kier molecular flexibility index (Phi) is 6.79. The average molecular weight is 394 g/mol. The fourth-order valence-corrected chi connectivity index (χ4v) is 4.62. The zero-order valence-corrected chi connectivity index (χ0v) is 18.1. The maximum atomic E-state index is 13.2. The van der Waals surface area contributed by atoms with Crippen LogP contribution in [0, 0.1) is 5.92 Å². The molecule has 0 bridgehead atoms. The summed E-state index contributed by atoms with van der Waals surface area (Å²) >= 11 is 0. The number of rotatable bonds is 6. The van der Waals surface area contributed by atoms with Gasteiger partial charge in [-0.15, -0.1) is 0 Å². The molecule has 1 amide bonds. The minimum atomic E-state index is -0.814. The summed E-state index contributed by atoms with van der Waals surface area (Å²) in [6, 6.07) is 20.2. The van der Waals surface area contributed by atoms with E-state index in [1.165, 1.54) is 0 Å². The lowest BCUT2D eigenvalue weighted by Crippen LogP contribution is -2.45. The van der Waals surface area contributed by atoms with E-state index in [2.05, 4.69) is 32.9 Å². The molecule has 0 saturated heterocycles. The molecule has 0 aromatic heterocycles. The zero-order chi connectivity index (χ0) is 20.9. The zero-order valence-electron chi connectivity index (χ0n) is 18.1. The van der Waals surface area contributed by atoms with Crippen LogP contribution in [0.4, 0.5) is 0 Å². The number of amides is 1. The molecule has 1 fully saturated rings. The van der Waals surface area contributed by atoms with Crippen molar-refractivity contribution in [3.63, 3.8) is 0 Å². The Balaban J connectivity index is 1.71. The molecule has 1 N–H and O–H groups in total. The monoisotopic (exact) mass is 393 g/mol. The fraction of sp³-hybridized carbons (Fsp3) is 0.500. The molecule has 156 valence electrons. The highest BCUT2D eigenvalue weighted by Gasteiger charge is 2.40. The van der Waals surface area contributed by atoms with Gasteiger partial charge in [0.05, 0.1) is 5.60 Å². The Hall–Kier alpha value is -2.13. The Labute approximate surface area is 175 Å². The van der Waals surface area contributed by atoms with Crippen LogP contribution < -0.4 is 0 Å². The van der Waals surface area contributed by atoms with Gasteiger partial charge in [0.2, 0.25) is 5.91 Å². The summed E-state index contributed by atoms with van der Waals surface area (Å²) < 4.78 is 0. The number of hydrogen-bond acceptors (Lipinski definition) is 2. The van der Waals surface area contributed by atoms with E-state index in [4.69, 9.17) is 0 Å². The quantitative estimate of drug-likeness (QED) is 0.687. The van der Waals surface area contributed by atoms with Crippen LogP contribution in [-0.4, -0.2) is 21.5 Å². The highest BCUT2D eigenvalue weighted by Crippen LogP contribution is 2.44. The van der Waals surface area contributed by atoms with Crippen molar-refractivity contribution in [2.24, 2.45) is 5.92 Å². The number of benzene rings is 2. The average Bonchev–Trinajstić information content (AvgIpc) is 2.72. The first-order valence-corrected chi connectivity index (χ1v) is 10.9. The van der Waals surface area contributed by atoms with Crippen LogP contribution in [0.3, 0.4) is 0 Å². The molecule has 0 unspecified atom stereocenters. The lowest BCUT2D eigenvalue weighted by Gasteiger charge is -2.41. The summed E-state index contributed by atoms with van der Waals surface area (Å²) in [6.45, 7) is 6.90. The van der Waals surface area contributed by atoms with Crippen LogP contribution in [0.2, 0.25) is 0 Å². The molecule has 29 heavy (non-hydrogen) atoms. The molecule has 1 aliphatic rings. The van der Waals surface area contributed by atoms with Gasteiger partial charge in [-0.2, -0.15) is 0 Å². The molecule has 0 radical (unpaired) electrons. The van der Waals surface area contributed by atoms with Crippen LogP contribution in [-0.2, 0) is 16.9 Å². The van der Waals surface area contributed by atoms with Crippen molar-refractivity contribution in [3.8, 4) is 0 Å². The van der Waals surface area contributed by atoms with Crippen molar-refractivity contribution in [1.29, 1.82) is 0 Å². The van der Waals surface area contributed by atoms with Crippen molar-refractivity contribution in [3.05, 3.63) is 71.8 Å². The number of aliphatic hydroxyl groups is 1. The molecule has 0 spiro atoms. The second-order valence-electron chi connectivity index (χ2n) is 9.41. The van der Waals surface area contributed by atoms with Gasteiger partial charge in [0.15, 0.2) is 0 Å². The van der Waals surface area contributed by atoms with Crippen molar-refractivity contribution >= 4 is 5.91 Å². The molecule has 0 heterocycles.